The molecule has 1 atom stereocenters. The lowest BCUT2D eigenvalue weighted by Gasteiger charge is -2.35. The molecule has 1 N–H and O–H groups in total. The fraction of sp³-hybridized carbons (Fsp3) is 0.500. The van der Waals surface area contributed by atoms with E-state index in [-0.39, 0.29) is 18.4 Å². The summed E-state index contributed by atoms with van der Waals surface area (Å²) in [5.41, 5.74) is 0.600. The molecular formula is C12H16N2O3. The van der Waals surface area contributed by atoms with Gasteiger partial charge in [-0.25, -0.2) is 4.98 Å². The Labute approximate surface area is 100 Å². The Kier molecular flexibility index (Phi) is 3.71. The number of ether oxygens (including phenoxy) is 1. The minimum absolute atomic E-state index is 0.00438. The van der Waals surface area contributed by atoms with Crippen LogP contribution in [0.15, 0.2) is 18.3 Å². The summed E-state index contributed by atoms with van der Waals surface area (Å²) < 4.78 is 5.30. The van der Waals surface area contributed by atoms with E-state index in [0.717, 1.165) is 5.82 Å². The highest BCUT2D eigenvalue weighted by Gasteiger charge is 2.23. The van der Waals surface area contributed by atoms with Crippen LogP contribution in [-0.4, -0.2) is 48.3 Å². The third-order valence-electron chi connectivity index (χ3n) is 2.89. The van der Waals surface area contributed by atoms with Crippen molar-refractivity contribution in [3.63, 3.8) is 0 Å². The minimum Gasteiger partial charge on any atom is -0.394 e. The van der Waals surface area contributed by atoms with Crippen LogP contribution in [0.25, 0.3) is 0 Å². The first-order chi connectivity index (χ1) is 8.22. The standard InChI is InChI=1S/C12H16N2O3/c1-9(16)10-2-3-12(13-6-10)14-4-5-17-8-11(14)7-15/h2-3,6,11,15H,4-5,7-8H2,1H3. The van der Waals surface area contributed by atoms with Gasteiger partial charge < -0.3 is 14.7 Å². The quantitative estimate of drug-likeness (QED) is 0.773. The van der Waals surface area contributed by atoms with Gasteiger partial charge in [0.05, 0.1) is 25.9 Å². The Morgan fingerprint density at radius 3 is 3.06 bits per heavy atom. The van der Waals surface area contributed by atoms with E-state index in [0.29, 0.717) is 25.3 Å². The summed E-state index contributed by atoms with van der Waals surface area (Å²) in [7, 11) is 0. The number of aliphatic hydroxyl groups excluding tert-OH is 1. The van der Waals surface area contributed by atoms with Crippen molar-refractivity contribution in [3.05, 3.63) is 23.9 Å². The lowest BCUT2D eigenvalue weighted by molar-refractivity contribution is 0.0722. The maximum Gasteiger partial charge on any atom is 0.161 e. The van der Waals surface area contributed by atoms with Crippen LogP contribution in [0, 0.1) is 0 Å². The van der Waals surface area contributed by atoms with Crippen molar-refractivity contribution in [3.8, 4) is 0 Å². The first-order valence-corrected chi connectivity index (χ1v) is 5.64. The van der Waals surface area contributed by atoms with Crippen molar-refractivity contribution in [2.75, 3.05) is 31.3 Å². The maximum atomic E-state index is 11.1. The number of aromatic nitrogens is 1. The predicted octanol–water partition coefficient (Wildman–Crippen LogP) is 0.482. The van der Waals surface area contributed by atoms with Gasteiger partial charge in [0.2, 0.25) is 0 Å². The van der Waals surface area contributed by atoms with Crippen LogP contribution in [0.1, 0.15) is 17.3 Å². The highest BCUT2D eigenvalue weighted by molar-refractivity contribution is 5.93. The van der Waals surface area contributed by atoms with E-state index in [9.17, 15) is 9.90 Å². The number of morpholine rings is 1. The fourth-order valence-electron chi connectivity index (χ4n) is 1.87. The number of ketones is 1. The van der Waals surface area contributed by atoms with Gasteiger partial charge >= 0.3 is 0 Å². The van der Waals surface area contributed by atoms with E-state index in [4.69, 9.17) is 4.74 Å². The van der Waals surface area contributed by atoms with Crippen molar-refractivity contribution in [2.45, 2.75) is 13.0 Å². The number of carbonyl (C=O) groups excluding carboxylic acids is 1. The van der Waals surface area contributed by atoms with Crippen LogP contribution in [-0.2, 0) is 4.74 Å². The Hall–Kier alpha value is -1.46. The SMILES string of the molecule is CC(=O)c1ccc(N2CCOCC2CO)nc1. The molecule has 1 saturated heterocycles. The average Bonchev–Trinajstić information content (AvgIpc) is 2.39. The molecule has 2 heterocycles. The maximum absolute atomic E-state index is 11.1. The van der Waals surface area contributed by atoms with E-state index in [2.05, 4.69) is 4.98 Å². The molecule has 1 aliphatic rings. The Bertz CT molecular complexity index is 391. The van der Waals surface area contributed by atoms with E-state index in [1.54, 1.807) is 12.3 Å². The van der Waals surface area contributed by atoms with Crippen LogP contribution in [0.3, 0.4) is 0 Å². The van der Waals surface area contributed by atoms with Crippen LogP contribution in [0.4, 0.5) is 5.82 Å². The third-order valence-corrected chi connectivity index (χ3v) is 2.89. The summed E-state index contributed by atoms with van der Waals surface area (Å²) in [6, 6.07) is 3.51. The van der Waals surface area contributed by atoms with Crippen molar-refractivity contribution in [1.29, 1.82) is 0 Å². The number of hydrogen-bond donors (Lipinski definition) is 1. The van der Waals surface area contributed by atoms with Crippen LogP contribution < -0.4 is 4.90 Å². The minimum atomic E-state index is -0.0561. The molecule has 1 aromatic heterocycles. The van der Waals surface area contributed by atoms with Gasteiger partial charge in [0, 0.05) is 18.3 Å². The molecule has 0 aromatic carbocycles. The summed E-state index contributed by atoms with van der Waals surface area (Å²) in [6.45, 7) is 3.40. The van der Waals surface area contributed by atoms with Crippen molar-refractivity contribution >= 4 is 11.6 Å². The number of nitrogens with zero attached hydrogens (tertiary/aromatic N) is 2. The lowest BCUT2D eigenvalue weighted by Crippen LogP contribution is -2.48. The van der Waals surface area contributed by atoms with E-state index in [1.165, 1.54) is 6.92 Å². The predicted molar refractivity (Wildman–Crippen MR) is 63.3 cm³/mol. The van der Waals surface area contributed by atoms with Gasteiger partial charge in [-0.2, -0.15) is 0 Å². The van der Waals surface area contributed by atoms with Gasteiger partial charge in [-0.3, -0.25) is 4.79 Å². The van der Waals surface area contributed by atoms with Gasteiger partial charge in [0.25, 0.3) is 0 Å². The normalized spacial score (nSPS) is 20.4. The van der Waals surface area contributed by atoms with Crippen LogP contribution in [0.2, 0.25) is 0 Å². The van der Waals surface area contributed by atoms with Gasteiger partial charge in [0.1, 0.15) is 5.82 Å². The zero-order valence-corrected chi connectivity index (χ0v) is 9.80. The average molecular weight is 236 g/mol. The molecule has 0 aliphatic carbocycles. The molecule has 5 heteroatoms. The van der Waals surface area contributed by atoms with Crippen LogP contribution >= 0.6 is 0 Å². The summed E-state index contributed by atoms with van der Waals surface area (Å²) >= 11 is 0. The zero-order valence-electron chi connectivity index (χ0n) is 9.80. The molecule has 1 aromatic rings. The summed E-state index contributed by atoms with van der Waals surface area (Å²) in [5, 5.41) is 9.26. The van der Waals surface area contributed by atoms with Gasteiger partial charge in [0.15, 0.2) is 5.78 Å². The summed E-state index contributed by atoms with van der Waals surface area (Å²) in [5.74, 6) is 0.780. The molecule has 0 bridgehead atoms. The second kappa shape index (κ2) is 5.25. The smallest absolute Gasteiger partial charge is 0.161 e. The van der Waals surface area contributed by atoms with Gasteiger partial charge in [-0.1, -0.05) is 0 Å². The number of pyridine rings is 1. The largest absolute Gasteiger partial charge is 0.394 e. The number of carbonyl (C=O) groups is 1. The van der Waals surface area contributed by atoms with E-state index < -0.39 is 0 Å². The number of Topliss-reactive ketones (excluding diaryl/α,β-unsaturated/α-hetero) is 1. The molecule has 0 radical (unpaired) electrons. The van der Waals surface area contributed by atoms with Crippen LogP contribution in [0.5, 0.6) is 0 Å². The monoisotopic (exact) mass is 236 g/mol. The molecule has 5 nitrogen and oxygen atoms in total. The number of rotatable bonds is 3. The Balaban J connectivity index is 2.17. The topological polar surface area (TPSA) is 62.7 Å². The molecule has 1 aliphatic heterocycles. The fourth-order valence-corrected chi connectivity index (χ4v) is 1.87. The lowest BCUT2D eigenvalue weighted by atomic mass is 10.2. The Morgan fingerprint density at radius 2 is 2.47 bits per heavy atom. The second-order valence-corrected chi connectivity index (χ2v) is 4.07. The molecule has 92 valence electrons. The Morgan fingerprint density at radius 1 is 1.65 bits per heavy atom. The molecule has 1 fully saturated rings. The zero-order chi connectivity index (χ0) is 12.3. The summed E-state index contributed by atoms with van der Waals surface area (Å²) in [4.78, 5) is 17.4. The molecule has 0 amide bonds. The second-order valence-electron chi connectivity index (χ2n) is 4.07. The third kappa shape index (κ3) is 2.62. The summed E-state index contributed by atoms with van der Waals surface area (Å²) in [6.07, 6.45) is 1.57. The first kappa shape index (κ1) is 12.0. The highest BCUT2D eigenvalue weighted by atomic mass is 16.5. The molecule has 0 saturated carbocycles. The van der Waals surface area contributed by atoms with Gasteiger partial charge in [-0.15, -0.1) is 0 Å². The molecule has 17 heavy (non-hydrogen) atoms. The molecular weight excluding hydrogens is 220 g/mol. The van der Waals surface area contributed by atoms with E-state index in [1.807, 2.05) is 11.0 Å². The van der Waals surface area contributed by atoms with Crippen molar-refractivity contribution in [2.24, 2.45) is 0 Å². The van der Waals surface area contributed by atoms with Crippen molar-refractivity contribution in [1.82, 2.24) is 4.98 Å². The van der Waals surface area contributed by atoms with Gasteiger partial charge in [-0.05, 0) is 19.1 Å². The number of hydrogen-bond acceptors (Lipinski definition) is 5. The first-order valence-electron chi connectivity index (χ1n) is 5.64. The molecule has 1 unspecified atom stereocenters. The number of anilines is 1. The van der Waals surface area contributed by atoms with E-state index >= 15 is 0 Å². The molecule has 2 rings (SSSR count). The van der Waals surface area contributed by atoms with Crippen molar-refractivity contribution < 1.29 is 14.6 Å². The molecule has 0 spiro atoms. The highest BCUT2D eigenvalue weighted by Crippen LogP contribution is 2.17. The number of aliphatic hydroxyl groups is 1.